The van der Waals surface area contributed by atoms with Crippen LogP contribution < -0.4 is 5.73 Å². The monoisotopic (exact) mass is 1130 g/mol. The lowest BCUT2D eigenvalue weighted by Gasteiger charge is -2.19. The molecule has 9 nitrogen and oxygen atoms in total. The maximum Gasteiger partial charge on any atom is 0.472 e. The maximum absolute atomic E-state index is 12.7. The van der Waals surface area contributed by atoms with Crippen molar-refractivity contribution in [2.45, 2.75) is 315 Å². The number of hydrogen-bond acceptors (Lipinski definition) is 8. The van der Waals surface area contributed by atoms with E-state index in [9.17, 15) is 19.0 Å². The van der Waals surface area contributed by atoms with Gasteiger partial charge in [-0.2, -0.15) is 0 Å². The average molecular weight is 1130 g/mol. The lowest BCUT2D eigenvalue weighted by atomic mass is 10.0. The summed E-state index contributed by atoms with van der Waals surface area (Å²) < 4.78 is 33.1. The summed E-state index contributed by atoms with van der Waals surface area (Å²) >= 11 is 0. The zero-order chi connectivity index (χ0) is 57.3. The topological polar surface area (TPSA) is 134 Å². The Kier molecular flexibility index (Phi) is 62.1. The number of unbranched alkanes of at least 4 members (excludes halogenated alkanes) is 35. The summed E-state index contributed by atoms with van der Waals surface area (Å²) in [7, 11) is -4.39. The van der Waals surface area contributed by atoms with Gasteiger partial charge in [0.1, 0.15) is 6.61 Å². The molecule has 3 N–H and O–H groups in total. The predicted molar refractivity (Wildman–Crippen MR) is 339 cm³/mol. The highest BCUT2D eigenvalue weighted by atomic mass is 31.2. The van der Waals surface area contributed by atoms with E-state index in [2.05, 4.69) is 98.9 Å². The molecule has 0 aliphatic rings. The van der Waals surface area contributed by atoms with Gasteiger partial charge in [-0.05, 0) is 89.9 Å². The Morgan fingerprint density at radius 3 is 1.05 bits per heavy atom. The molecule has 0 spiro atoms. The summed E-state index contributed by atoms with van der Waals surface area (Å²) in [6.07, 6.45) is 85.3. The highest BCUT2D eigenvalue weighted by molar-refractivity contribution is 7.47. The smallest absolute Gasteiger partial charge is 0.462 e. The second kappa shape index (κ2) is 64.4. The second-order valence-electron chi connectivity index (χ2n) is 22.0. The van der Waals surface area contributed by atoms with Crippen molar-refractivity contribution in [2.24, 2.45) is 5.73 Å². The Bertz CT molecular complexity index is 1570. The van der Waals surface area contributed by atoms with Gasteiger partial charge in [0.2, 0.25) is 0 Å². The van der Waals surface area contributed by atoms with E-state index in [0.717, 1.165) is 83.5 Å². The molecule has 10 heteroatoms. The second-order valence-corrected chi connectivity index (χ2v) is 23.4. The first-order chi connectivity index (χ1) is 38.8. The van der Waals surface area contributed by atoms with Gasteiger partial charge in [0, 0.05) is 19.4 Å². The van der Waals surface area contributed by atoms with Crippen LogP contribution in [0.1, 0.15) is 309 Å². The Balaban J connectivity index is 3.79. The normalized spacial score (nSPS) is 13.5. The van der Waals surface area contributed by atoms with Crippen LogP contribution in [-0.4, -0.2) is 49.3 Å². The third-order valence-electron chi connectivity index (χ3n) is 14.3. The molecule has 2 unspecified atom stereocenters. The molecule has 0 aromatic rings. The Morgan fingerprint density at radius 2 is 0.696 bits per heavy atom. The molecule has 0 bridgehead atoms. The summed E-state index contributed by atoms with van der Waals surface area (Å²) in [5, 5.41) is 0. The standard InChI is InChI=1S/C69H124NO8P/c1-3-5-7-9-11-13-15-17-19-21-22-23-24-25-26-27-28-29-30-31-32-33-34-35-36-37-38-39-40-41-42-43-44-46-48-50-52-54-56-58-60-62-69(72)78-67(66-77-79(73,74)76-64-63-70)65-75-68(71)61-59-57-55-53-51-49-47-45-20-18-16-14-12-10-8-6-4-2/h5,7,11,13,17-20,22-23,25-26,28-29,67H,3-4,6,8-10,12,14-16,21,24,27,30-66,70H2,1-2H3,(H,73,74)/b7-5-,13-11-,19-17-,20-18-,23-22-,26-25-,29-28-. The molecule has 0 aromatic heterocycles. The molecule has 0 aliphatic heterocycles. The first-order valence-corrected chi connectivity index (χ1v) is 34.6. The van der Waals surface area contributed by atoms with Crippen LogP contribution in [0.5, 0.6) is 0 Å². The van der Waals surface area contributed by atoms with Crippen LogP contribution in [0.4, 0.5) is 0 Å². The molecule has 0 radical (unpaired) electrons. The number of allylic oxidation sites excluding steroid dienone is 14. The van der Waals surface area contributed by atoms with Crippen molar-refractivity contribution in [3.8, 4) is 0 Å². The summed E-state index contributed by atoms with van der Waals surface area (Å²) in [6, 6.07) is 0. The Morgan fingerprint density at radius 1 is 0.392 bits per heavy atom. The van der Waals surface area contributed by atoms with Gasteiger partial charge < -0.3 is 20.1 Å². The Hall–Kier alpha value is -2.81. The van der Waals surface area contributed by atoms with E-state index in [4.69, 9.17) is 24.3 Å². The van der Waals surface area contributed by atoms with Crippen LogP contribution in [0.3, 0.4) is 0 Å². The van der Waals surface area contributed by atoms with E-state index in [0.29, 0.717) is 6.42 Å². The molecule has 0 aromatic carbocycles. The van der Waals surface area contributed by atoms with E-state index in [-0.39, 0.29) is 38.6 Å². The van der Waals surface area contributed by atoms with Crippen molar-refractivity contribution >= 4 is 19.8 Å². The van der Waals surface area contributed by atoms with Crippen LogP contribution in [0.15, 0.2) is 85.1 Å². The van der Waals surface area contributed by atoms with Crippen LogP contribution in [0.2, 0.25) is 0 Å². The largest absolute Gasteiger partial charge is 0.472 e. The third kappa shape index (κ3) is 64.2. The van der Waals surface area contributed by atoms with Crippen molar-refractivity contribution in [2.75, 3.05) is 26.4 Å². The van der Waals surface area contributed by atoms with Crippen LogP contribution in [-0.2, 0) is 32.7 Å². The third-order valence-corrected chi connectivity index (χ3v) is 15.2. The van der Waals surface area contributed by atoms with Crippen molar-refractivity contribution < 1.29 is 37.6 Å². The number of nitrogens with two attached hydrogens (primary N) is 1. The first-order valence-electron chi connectivity index (χ1n) is 33.1. The zero-order valence-electron chi connectivity index (χ0n) is 51.3. The summed E-state index contributed by atoms with van der Waals surface area (Å²) in [4.78, 5) is 35.2. The average Bonchev–Trinajstić information content (AvgIpc) is 3.44. The van der Waals surface area contributed by atoms with Crippen molar-refractivity contribution in [3.63, 3.8) is 0 Å². The fourth-order valence-electron chi connectivity index (χ4n) is 9.40. The van der Waals surface area contributed by atoms with Gasteiger partial charge >= 0.3 is 19.8 Å². The molecule has 0 rings (SSSR count). The van der Waals surface area contributed by atoms with Gasteiger partial charge in [0.25, 0.3) is 0 Å². The molecule has 0 fully saturated rings. The van der Waals surface area contributed by atoms with Crippen molar-refractivity contribution in [1.82, 2.24) is 0 Å². The number of ether oxygens (including phenoxy) is 2. The first kappa shape index (κ1) is 76.2. The van der Waals surface area contributed by atoms with Gasteiger partial charge in [-0.3, -0.25) is 18.6 Å². The molecule has 2 atom stereocenters. The minimum atomic E-state index is -4.39. The van der Waals surface area contributed by atoms with E-state index in [1.807, 2.05) is 0 Å². The number of carbonyl (C=O) groups excluding carboxylic acids is 2. The summed E-state index contributed by atoms with van der Waals surface area (Å²) in [5.74, 6) is -0.821. The lowest BCUT2D eigenvalue weighted by Crippen LogP contribution is -2.29. The molecule has 0 saturated heterocycles. The van der Waals surface area contributed by atoms with Crippen molar-refractivity contribution in [3.05, 3.63) is 85.1 Å². The molecular weight excluding hydrogens is 1000 g/mol. The molecule has 458 valence electrons. The van der Waals surface area contributed by atoms with E-state index in [1.165, 1.54) is 193 Å². The van der Waals surface area contributed by atoms with Gasteiger partial charge in [-0.1, -0.05) is 292 Å². The Labute approximate surface area is 487 Å². The lowest BCUT2D eigenvalue weighted by molar-refractivity contribution is -0.161. The van der Waals surface area contributed by atoms with Gasteiger partial charge in [0.05, 0.1) is 13.2 Å². The predicted octanol–water partition coefficient (Wildman–Crippen LogP) is 21.4. The molecule has 79 heavy (non-hydrogen) atoms. The van der Waals surface area contributed by atoms with Crippen LogP contribution in [0, 0.1) is 0 Å². The number of carbonyl (C=O) groups is 2. The number of hydrogen-bond donors (Lipinski definition) is 2. The summed E-state index contributed by atoms with van der Waals surface area (Å²) in [5.41, 5.74) is 5.39. The van der Waals surface area contributed by atoms with Crippen LogP contribution >= 0.6 is 7.82 Å². The molecular formula is C69H124NO8P. The number of esters is 2. The van der Waals surface area contributed by atoms with Gasteiger partial charge in [-0.25, -0.2) is 4.57 Å². The fraction of sp³-hybridized carbons (Fsp3) is 0.768. The minimum absolute atomic E-state index is 0.0527. The van der Waals surface area contributed by atoms with E-state index >= 15 is 0 Å². The SMILES string of the molecule is CC/C=C\C/C=C\C/C=C\C/C=C\C/C=C\C/C=C\CCCCCCCCCCCCCCCCCCCCCCCCC(=O)OC(COC(=O)CCCCCCCCC/C=C\CCCCCCCC)COP(=O)(O)OCCN. The highest BCUT2D eigenvalue weighted by Gasteiger charge is 2.26. The van der Waals surface area contributed by atoms with Gasteiger partial charge in [0.15, 0.2) is 6.10 Å². The fourth-order valence-corrected chi connectivity index (χ4v) is 10.2. The quantitative estimate of drug-likeness (QED) is 0.0264. The number of rotatable bonds is 62. The molecule has 0 aliphatic carbocycles. The van der Waals surface area contributed by atoms with Gasteiger partial charge in [-0.15, -0.1) is 0 Å². The highest BCUT2D eigenvalue weighted by Crippen LogP contribution is 2.43. The molecule has 0 heterocycles. The molecule has 0 amide bonds. The minimum Gasteiger partial charge on any atom is -0.462 e. The van der Waals surface area contributed by atoms with Crippen molar-refractivity contribution in [1.29, 1.82) is 0 Å². The maximum atomic E-state index is 12.7. The zero-order valence-corrected chi connectivity index (χ0v) is 52.2. The van der Waals surface area contributed by atoms with E-state index in [1.54, 1.807) is 0 Å². The summed E-state index contributed by atoms with van der Waals surface area (Å²) in [6.45, 7) is 3.65. The van der Waals surface area contributed by atoms with E-state index < -0.39 is 26.5 Å². The molecule has 0 saturated carbocycles. The number of phosphoric ester groups is 1. The van der Waals surface area contributed by atoms with Crippen LogP contribution in [0.25, 0.3) is 0 Å². The number of phosphoric acid groups is 1.